The van der Waals surface area contributed by atoms with Crippen LogP contribution in [0.5, 0.6) is 5.75 Å². The molecule has 1 unspecified atom stereocenters. The van der Waals surface area contributed by atoms with Gasteiger partial charge >= 0.3 is 12.3 Å². The van der Waals surface area contributed by atoms with Crippen LogP contribution in [0.15, 0.2) is 24.4 Å². The summed E-state index contributed by atoms with van der Waals surface area (Å²) in [5, 5.41) is 12.2. The van der Waals surface area contributed by atoms with E-state index in [1.165, 1.54) is 6.07 Å². The van der Waals surface area contributed by atoms with Crippen molar-refractivity contribution in [3.05, 3.63) is 41.2 Å². The van der Waals surface area contributed by atoms with Crippen LogP contribution in [0.4, 0.5) is 19.1 Å². The van der Waals surface area contributed by atoms with Crippen molar-refractivity contribution in [1.29, 1.82) is 0 Å². The molecule has 32 heavy (non-hydrogen) atoms. The largest absolute Gasteiger partial charge is 0.493 e. The normalized spacial score (nSPS) is 18.2. The highest BCUT2D eigenvalue weighted by atomic mass is 19.4. The van der Waals surface area contributed by atoms with E-state index in [0.29, 0.717) is 23.7 Å². The zero-order valence-electron chi connectivity index (χ0n) is 17.0. The molecule has 2 aliphatic heterocycles. The van der Waals surface area contributed by atoms with Crippen molar-refractivity contribution in [3.8, 4) is 5.75 Å². The number of aliphatic carboxylic acids is 1. The third-order valence-electron chi connectivity index (χ3n) is 5.39. The van der Waals surface area contributed by atoms with Gasteiger partial charge in [-0.3, -0.25) is 9.59 Å². The number of ether oxygens (including phenoxy) is 1. The fourth-order valence-electron chi connectivity index (χ4n) is 3.86. The van der Waals surface area contributed by atoms with Crippen molar-refractivity contribution in [2.24, 2.45) is 5.92 Å². The molecule has 2 aliphatic rings. The van der Waals surface area contributed by atoms with Crippen molar-refractivity contribution < 1.29 is 32.6 Å². The molecule has 1 amide bonds. The summed E-state index contributed by atoms with van der Waals surface area (Å²) in [5.41, 5.74) is 4.74. The number of aromatic nitrogens is 2. The number of carbonyl (C=O) groups excluding carboxylic acids is 1. The summed E-state index contributed by atoms with van der Waals surface area (Å²) in [7, 11) is 0. The van der Waals surface area contributed by atoms with Crippen molar-refractivity contribution in [2.45, 2.75) is 32.1 Å². The molecule has 2 aromatic rings. The molecule has 4 rings (SSSR count). The van der Waals surface area contributed by atoms with Gasteiger partial charge in [-0.1, -0.05) is 6.07 Å². The first-order chi connectivity index (χ1) is 15.2. The molecule has 0 radical (unpaired) electrons. The summed E-state index contributed by atoms with van der Waals surface area (Å²) in [4.78, 5) is 27.7. The van der Waals surface area contributed by atoms with Gasteiger partial charge < -0.3 is 20.6 Å². The number of benzene rings is 1. The van der Waals surface area contributed by atoms with Crippen LogP contribution in [0, 0.1) is 5.92 Å². The summed E-state index contributed by atoms with van der Waals surface area (Å²) in [6.45, 7) is 1.13. The first-order valence-electron chi connectivity index (χ1n) is 10.1. The first-order valence-corrected chi connectivity index (χ1v) is 10.1. The molecule has 0 bridgehead atoms. The lowest BCUT2D eigenvalue weighted by molar-refractivity contribution is -0.245. The standard InChI is InChI=1S/C20H22F3N5O4/c21-20(22,23)27-10-14-8-16(2-1-12(14)7-13(18(27)31)9-17(29)30)32-6-3-15-11-28-19(26-15)24-4-5-25-28/h1-2,8,11,13,25H,3-7,9-10H2,(H,24,26)(H,29,30). The molecule has 3 heterocycles. The van der Waals surface area contributed by atoms with Gasteiger partial charge in [-0.05, 0) is 29.7 Å². The van der Waals surface area contributed by atoms with E-state index < -0.39 is 37.1 Å². The predicted molar refractivity (Wildman–Crippen MR) is 107 cm³/mol. The number of amides is 1. The second-order valence-electron chi connectivity index (χ2n) is 7.68. The van der Waals surface area contributed by atoms with Crippen LogP contribution >= 0.6 is 0 Å². The molecule has 0 fully saturated rings. The Bertz CT molecular complexity index is 1000. The van der Waals surface area contributed by atoms with Crippen molar-refractivity contribution in [1.82, 2.24) is 14.6 Å². The number of imidazole rings is 1. The minimum absolute atomic E-state index is 0.0759. The van der Waals surface area contributed by atoms with Crippen LogP contribution in [-0.4, -0.2) is 57.5 Å². The minimum atomic E-state index is -4.91. The number of hydrogen-bond donors (Lipinski definition) is 3. The summed E-state index contributed by atoms with van der Waals surface area (Å²) >= 11 is 0. The summed E-state index contributed by atoms with van der Waals surface area (Å²) in [6, 6.07) is 4.69. The molecular weight excluding hydrogens is 431 g/mol. The number of carbonyl (C=O) groups is 2. The van der Waals surface area contributed by atoms with E-state index in [0.717, 1.165) is 18.8 Å². The summed E-state index contributed by atoms with van der Waals surface area (Å²) in [5.74, 6) is -2.75. The molecule has 0 saturated carbocycles. The van der Waals surface area contributed by atoms with E-state index in [1.807, 2.05) is 6.20 Å². The number of hydrogen-bond acceptors (Lipinski definition) is 6. The van der Waals surface area contributed by atoms with E-state index >= 15 is 0 Å². The molecule has 0 aliphatic carbocycles. The van der Waals surface area contributed by atoms with Gasteiger partial charge in [-0.15, -0.1) is 13.2 Å². The van der Waals surface area contributed by atoms with E-state index in [9.17, 15) is 22.8 Å². The van der Waals surface area contributed by atoms with E-state index in [2.05, 4.69) is 15.7 Å². The zero-order valence-corrected chi connectivity index (χ0v) is 17.0. The number of nitrogens with one attached hydrogen (secondary N) is 2. The Labute approximate surface area is 181 Å². The smallest absolute Gasteiger partial charge is 0.487 e. The van der Waals surface area contributed by atoms with Crippen LogP contribution in [0.25, 0.3) is 0 Å². The maximum absolute atomic E-state index is 13.5. The van der Waals surface area contributed by atoms with Gasteiger partial charge in [0.25, 0.3) is 0 Å². The number of carboxylic acids is 1. The van der Waals surface area contributed by atoms with E-state index in [4.69, 9.17) is 9.84 Å². The Kier molecular flexibility index (Phi) is 5.85. The van der Waals surface area contributed by atoms with E-state index in [-0.39, 0.29) is 23.5 Å². The third-order valence-corrected chi connectivity index (χ3v) is 5.39. The molecule has 9 nitrogen and oxygen atoms in total. The number of halogens is 3. The highest BCUT2D eigenvalue weighted by Crippen LogP contribution is 2.33. The second kappa shape index (κ2) is 8.60. The molecule has 1 aromatic heterocycles. The molecule has 172 valence electrons. The van der Waals surface area contributed by atoms with Gasteiger partial charge in [0, 0.05) is 19.5 Å². The fraction of sp³-hybridized carbons (Fsp3) is 0.450. The van der Waals surface area contributed by atoms with Gasteiger partial charge in [0.05, 0.1) is 37.4 Å². The molecule has 12 heteroatoms. The van der Waals surface area contributed by atoms with Gasteiger partial charge in [0.15, 0.2) is 0 Å². The van der Waals surface area contributed by atoms with Crippen LogP contribution in [0.1, 0.15) is 23.2 Å². The summed E-state index contributed by atoms with van der Waals surface area (Å²) < 4.78 is 47.9. The first kappa shape index (κ1) is 21.8. The van der Waals surface area contributed by atoms with Crippen LogP contribution < -0.4 is 15.5 Å². The van der Waals surface area contributed by atoms with Gasteiger partial charge in [-0.25, -0.2) is 14.6 Å². The van der Waals surface area contributed by atoms with Crippen molar-refractivity contribution in [3.63, 3.8) is 0 Å². The Morgan fingerprint density at radius 1 is 1.28 bits per heavy atom. The average molecular weight is 453 g/mol. The maximum Gasteiger partial charge on any atom is 0.487 e. The van der Waals surface area contributed by atoms with Crippen LogP contribution in [0.3, 0.4) is 0 Å². The number of nitrogens with zero attached hydrogens (tertiary/aromatic N) is 3. The maximum atomic E-state index is 13.5. The average Bonchev–Trinajstić information content (AvgIpc) is 3.08. The van der Waals surface area contributed by atoms with E-state index in [1.54, 1.807) is 16.8 Å². The number of fused-ring (bicyclic) bond motifs is 2. The summed E-state index contributed by atoms with van der Waals surface area (Å²) in [6.07, 6.45) is -3.31. The number of rotatable bonds is 6. The third kappa shape index (κ3) is 4.73. The van der Waals surface area contributed by atoms with Crippen LogP contribution in [0.2, 0.25) is 0 Å². The lowest BCUT2D eigenvalue weighted by Gasteiger charge is -2.26. The lowest BCUT2D eigenvalue weighted by atomic mass is 9.94. The Morgan fingerprint density at radius 2 is 2.09 bits per heavy atom. The predicted octanol–water partition coefficient (Wildman–Crippen LogP) is 1.97. The number of anilines is 1. The lowest BCUT2D eigenvalue weighted by Crippen LogP contribution is -2.44. The highest BCUT2D eigenvalue weighted by molar-refractivity contribution is 5.84. The second-order valence-corrected chi connectivity index (χ2v) is 7.68. The topological polar surface area (TPSA) is 109 Å². The van der Waals surface area contributed by atoms with Gasteiger partial charge in [0.2, 0.25) is 11.9 Å². The Balaban J connectivity index is 1.47. The minimum Gasteiger partial charge on any atom is -0.493 e. The zero-order chi connectivity index (χ0) is 22.9. The molecule has 0 saturated heterocycles. The molecule has 0 spiro atoms. The van der Waals surface area contributed by atoms with Gasteiger partial charge in [0.1, 0.15) is 5.75 Å². The molecule has 3 N–H and O–H groups in total. The molecule has 1 atom stereocenters. The molecular formula is C20H22F3N5O4. The number of alkyl halides is 3. The quantitative estimate of drug-likeness (QED) is 0.574. The van der Waals surface area contributed by atoms with Crippen molar-refractivity contribution >= 4 is 17.8 Å². The Morgan fingerprint density at radius 3 is 2.81 bits per heavy atom. The number of carboxylic acid groups (broad SMARTS) is 1. The highest BCUT2D eigenvalue weighted by Gasteiger charge is 2.45. The van der Waals surface area contributed by atoms with Gasteiger partial charge in [-0.2, -0.15) is 0 Å². The fourth-order valence-corrected chi connectivity index (χ4v) is 3.86. The van der Waals surface area contributed by atoms with Crippen molar-refractivity contribution in [2.75, 3.05) is 30.4 Å². The monoisotopic (exact) mass is 453 g/mol. The SMILES string of the molecule is O=C(O)CC1Cc2ccc(OCCc3cn4c(n3)NCCN4)cc2CN(C(F)(F)F)C1=O. The van der Waals surface area contributed by atoms with Crippen LogP contribution in [-0.2, 0) is 29.0 Å². The Hall–Kier alpha value is -3.44. The molecule has 1 aromatic carbocycles.